The number of benzene rings is 1. The van der Waals surface area contributed by atoms with Gasteiger partial charge >= 0.3 is 0 Å². The Balaban J connectivity index is 0.000000170. The van der Waals surface area contributed by atoms with E-state index in [1.54, 1.807) is 12.2 Å². The molecule has 0 fully saturated rings. The van der Waals surface area contributed by atoms with Crippen molar-refractivity contribution in [3.05, 3.63) is 70.8 Å². The molecule has 3 heteroatoms. The van der Waals surface area contributed by atoms with Crippen molar-refractivity contribution in [2.75, 3.05) is 0 Å². The number of allylic oxidation sites excluding steroid dienone is 6. The Labute approximate surface area is 174 Å². The third-order valence-corrected chi connectivity index (χ3v) is 5.32. The van der Waals surface area contributed by atoms with Crippen molar-refractivity contribution in [3.63, 3.8) is 0 Å². The van der Waals surface area contributed by atoms with Gasteiger partial charge in [-0.25, -0.2) is 0 Å². The first-order valence-corrected chi connectivity index (χ1v) is 10.6. The molecule has 0 unspecified atom stereocenters. The number of carbonyl (C=O) groups is 3. The van der Waals surface area contributed by atoms with Crippen LogP contribution in [0, 0.1) is 0 Å². The van der Waals surface area contributed by atoms with Gasteiger partial charge in [0.25, 0.3) is 0 Å². The minimum atomic E-state index is 0.289. The maximum Gasteiger partial charge on any atom is 0.155 e. The number of hydrogen-bond donors (Lipinski definition) is 0. The number of carbonyl (C=O) groups excluding carboxylic acids is 3. The maximum atomic E-state index is 11.0. The van der Waals surface area contributed by atoms with Crippen molar-refractivity contribution in [1.82, 2.24) is 0 Å². The molecule has 0 bridgehead atoms. The van der Waals surface area contributed by atoms with Gasteiger partial charge in [0, 0.05) is 19.3 Å². The molecular weight excluding hydrogens is 360 g/mol. The highest BCUT2D eigenvalue weighted by atomic mass is 16.1. The summed E-state index contributed by atoms with van der Waals surface area (Å²) >= 11 is 0. The molecule has 3 aliphatic rings. The van der Waals surface area contributed by atoms with Crippen molar-refractivity contribution in [2.24, 2.45) is 0 Å². The smallest absolute Gasteiger partial charge is 0.155 e. The minimum Gasteiger partial charge on any atom is -0.295 e. The van der Waals surface area contributed by atoms with Crippen molar-refractivity contribution >= 4 is 17.3 Å². The van der Waals surface area contributed by atoms with Crippen LogP contribution in [0.15, 0.2) is 65.3 Å². The third kappa shape index (κ3) is 8.99. The molecule has 0 amide bonds. The van der Waals surface area contributed by atoms with E-state index in [0.717, 1.165) is 57.8 Å². The maximum absolute atomic E-state index is 11.0. The lowest BCUT2D eigenvalue weighted by Gasteiger charge is -2.01. The van der Waals surface area contributed by atoms with Gasteiger partial charge in [0.05, 0.1) is 0 Å². The van der Waals surface area contributed by atoms with E-state index in [-0.39, 0.29) is 5.78 Å². The van der Waals surface area contributed by atoms with Crippen LogP contribution in [0.25, 0.3) is 0 Å². The van der Waals surface area contributed by atoms with E-state index < -0.39 is 0 Å². The summed E-state index contributed by atoms with van der Waals surface area (Å²) in [6, 6.07) is 10.4. The zero-order valence-electron chi connectivity index (χ0n) is 17.7. The Bertz CT molecular complexity index is 810. The van der Waals surface area contributed by atoms with E-state index in [0.29, 0.717) is 11.6 Å². The topological polar surface area (TPSA) is 51.2 Å². The van der Waals surface area contributed by atoms with Crippen molar-refractivity contribution in [1.29, 1.82) is 0 Å². The summed E-state index contributed by atoms with van der Waals surface area (Å²) in [6.07, 6.45) is 13.7. The number of ketones is 3. The Morgan fingerprint density at radius 2 is 1.21 bits per heavy atom. The normalized spacial score (nSPS) is 17.7. The van der Waals surface area contributed by atoms with Crippen LogP contribution in [0.5, 0.6) is 0 Å². The van der Waals surface area contributed by atoms with E-state index in [2.05, 4.69) is 31.2 Å². The van der Waals surface area contributed by atoms with Crippen LogP contribution in [0.1, 0.15) is 70.8 Å². The largest absolute Gasteiger partial charge is 0.295 e. The predicted molar refractivity (Wildman–Crippen MR) is 118 cm³/mol. The second-order valence-corrected chi connectivity index (χ2v) is 7.83. The van der Waals surface area contributed by atoms with Crippen LogP contribution in [-0.4, -0.2) is 17.3 Å². The highest BCUT2D eigenvalue weighted by Crippen LogP contribution is 2.20. The van der Waals surface area contributed by atoms with Crippen LogP contribution in [0.4, 0.5) is 0 Å². The summed E-state index contributed by atoms with van der Waals surface area (Å²) in [5.74, 6) is 0.896. The summed E-state index contributed by atoms with van der Waals surface area (Å²) in [5.41, 5.74) is 5.21. The molecular formula is C26H32O3. The van der Waals surface area contributed by atoms with Gasteiger partial charge in [-0.2, -0.15) is 0 Å². The van der Waals surface area contributed by atoms with Gasteiger partial charge < -0.3 is 0 Å². The molecule has 0 radical (unpaired) electrons. The monoisotopic (exact) mass is 392 g/mol. The summed E-state index contributed by atoms with van der Waals surface area (Å²) < 4.78 is 0. The Hall–Kier alpha value is -2.55. The fraction of sp³-hybridized carbons (Fsp3) is 0.423. The molecule has 29 heavy (non-hydrogen) atoms. The molecule has 0 spiro atoms. The van der Waals surface area contributed by atoms with Crippen LogP contribution >= 0.6 is 0 Å². The van der Waals surface area contributed by atoms with Gasteiger partial charge in [-0.1, -0.05) is 54.0 Å². The summed E-state index contributed by atoms with van der Waals surface area (Å²) in [7, 11) is 0. The van der Waals surface area contributed by atoms with Gasteiger partial charge in [-0.05, 0) is 69.2 Å². The van der Waals surface area contributed by atoms with Gasteiger partial charge in [0.2, 0.25) is 0 Å². The van der Waals surface area contributed by atoms with E-state index >= 15 is 0 Å². The first kappa shape index (κ1) is 22.7. The third-order valence-electron chi connectivity index (χ3n) is 5.32. The quantitative estimate of drug-likeness (QED) is 0.642. The summed E-state index contributed by atoms with van der Waals surface area (Å²) in [4.78, 5) is 31.9. The van der Waals surface area contributed by atoms with Gasteiger partial charge in [-0.3, -0.25) is 14.4 Å². The minimum absolute atomic E-state index is 0.289. The van der Waals surface area contributed by atoms with Crippen LogP contribution in [0.3, 0.4) is 0 Å². The average Bonchev–Trinajstić information content (AvgIpc) is 3.44. The van der Waals surface area contributed by atoms with Crippen LogP contribution in [0.2, 0.25) is 0 Å². The average molecular weight is 393 g/mol. The Morgan fingerprint density at radius 1 is 0.655 bits per heavy atom. The molecule has 1 aromatic rings. The standard InChI is InChI=1S/C13H14O.C7H10O.C6H8O/c14-13-9-8-12(10-13)7-6-11-4-2-1-3-5-11;1-2-6-3-4-7(8)5-6;1-5-2-3-6(7)4-5/h1-5,10H,6-9H2;5H,2-4H2,1H3;4H,2-3H2,1H3. The lowest BCUT2D eigenvalue weighted by Crippen LogP contribution is -1.86. The zero-order chi connectivity index (χ0) is 21.1. The van der Waals surface area contributed by atoms with Crippen molar-refractivity contribution in [2.45, 2.75) is 71.6 Å². The molecule has 1 aromatic carbocycles. The molecule has 0 saturated carbocycles. The van der Waals surface area contributed by atoms with Gasteiger partial charge in [0.1, 0.15) is 0 Å². The molecule has 0 aliphatic heterocycles. The molecule has 0 aromatic heterocycles. The fourth-order valence-electron chi connectivity index (χ4n) is 3.48. The zero-order valence-corrected chi connectivity index (χ0v) is 17.7. The lowest BCUT2D eigenvalue weighted by atomic mass is 10.0. The van der Waals surface area contributed by atoms with E-state index in [9.17, 15) is 14.4 Å². The van der Waals surface area contributed by atoms with E-state index in [1.165, 1.54) is 22.3 Å². The SMILES string of the molecule is CC1=CC(=O)CC1.CCC1=CC(=O)CC1.O=C1C=C(CCc2ccccc2)CC1. The molecule has 4 rings (SSSR count). The van der Waals surface area contributed by atoms with Crippen LogP contribution < -0.4 is 0 Å². The van der Waals surface area contributed by atoms with Gasteiger partial charge in [-0.15, -0.1) is 0 Å². The second kappa shape index (κ2) is 12.1. The molecule has 0 N–H and O–H groups in total. The molecule has 3 nitrogen and oxygen atoms in total. The number of rotatable bonds is 4. The van der Waals surface area contributed by atoms with E-state index in [4.69, 9.17) is 0 Å². The van der Waals surface area contributed by atoms with Crippen LogP contribution in [-0.2, 0) is 20.8 Å². The lowest BCUT2D eigenvalue weighted by molar-refractivity contribution is -0.114. The Morgan fingerprint density at radius 3 is 1.59 bits per heavy atom. The van der Waals surface area contributed by atoms with E-state index in [1.807, 2.05) is 19.1 Å². The molecule has 0 heterocycles. The Kier molecular flexibility index (Phi) is 9.49. The van der Waals surface area contributed by atoms with Crippen molar-refractivity contribution < 1.29 is 14.4 Å². The first-order valence-electron chi connectivity index (χ1n) is 10.6. The number of aryl methyl sites for hydroxylation is 1. The summed E-state index contributed by atoms with van der Waals surface area (Å²) in [5, 5.41) is 0. The summed E-state index contributed by atoms with van der Waals surface area (Å²) in [6.45, 7) is 4.08. The second-order valence-electron chi connectivity index (χ2n) is 7.83. The molecule has 3 aliphatic carbocycles. The van der Waals surface area contributed by atoms with Crippen molar-refractivity contribution in [3.8, 4) is 0 Å². The highest BCUT2D eigenvalue weighted by molar-refractivity contribution is 5.93. The first-order chi connectivity index (χ1) is 14.0. The highest BCUT2D eigenvalue weighted by Gasteiger charge is 2.11. The molecule has 154 valence electrons. The molecule has 0 atom stereocenters. The molecule has 0 saturated heterocycles. The number of hydrogen-bond acceptors (Lipinski definition) is 3. The van der Waals surface area contributed by atoms with Gasteiger partial charge in [0.15, 0.2) is 17.3 Å². The predicted octanol–water partition coefficient (Wildman–Crippen LogP) is 5.89. The fourth-order valence-corrected chi connectivity index (χ4v) is 3.48.